The maximum atomic E-state index is 13.1. The van der Waals surface area contributed by atoms with E-state index in [9.17, 15) is 17.6 Å². The van der Waals surface area contributed by atoms with Gasteiger partial charge in [-0.05, 0) is 72.0 Å². The van der Waals surface area contributed by atoms with Crippen molar-refractivity contribution >= 4 is 21.8 Å². The lowest BCUT2D eigenvalue weighted by atomic mass is 10.1. The predicted molar refractivity (Wildman–Crippen MR) is 131 cm³/mol. The number of amides is 2. The number of urea groups is 1. The molecule has 0 aliphatic heterocycles. The molecule has 0 saturated heterocycles. The van der Waals surface area contributed by atoms with E-state index < -0.39 is 15.9 Å². The van der Waals surface area contributed by atoms with Crippen molar-refractivity contribution in [3.8, 4) is 5.75 Å². The molecule has 0 bridgehead atoms. The zero-order valence-electron chi connectivity index (χ0n) is 19.5. The van der Waals surface area contributed by atoms with E-state index in [-0.39, 0.29) is 29.1 Å². The Morgan fingerprint density at radius 1 is 1.00 bits per heavy atom. The summed E-state index contributed by atoms with van der Waals surface area (Å²) in [4.78, 5) is 14.5. The van der Waals surface area contributed by atoms with Gasteiger partial charge in [-0.25, -0.2) is 9.18 Å². The Balaban J connectivity index is 1.74. The molecule has 0 heterocycles. The highest BCUT2D eigenvalue weighted by Crippen LogP contribution is 2.22. The number of benzene rings is 3. The molecule has 180 valence electrons. The highest BCUT2D eigenvalue weighted by atomic mass is 32.2. The highest BCUT2D eigenvalue weighted by Gasteiger charge is 2.19. The van der Waals surface area contributed by atoms with Crippen molar-refractivity contribution in [1.29, 1.82) is 0 Å². The zero-order valence-corrected chi connectivity index (χ0v) is 20.3. The van der Waals surface area contributed by atoms with E-state index in [1.54, 1.807) is 23.1 Å². The molecule has 0 aliphatic rings. The van der Waals surface area contributed by atoms with E-state index in [4.69, 9.17) is 4.18 Å². The van der Waals surface area contributed by atoms with E-state index in [0.717, 1.165) is 30.7 Å². The predicted octanol–water partition coefficient (Wildman–Crippen LogP) is 5.85. The minimum atomic E-state index is -4.12. The number of aryl methyl sites for hydroxylation is 1. The lowest BCUT2D eigenvalue weighted by molar-refractivity contribution is 0.201. The molecule has 0 aromatic heterocycles. The molecule has 3 aromatic rings. The first-order chi connectivity index (χ1) is 16.2. The molecule has 34 heavy (non-hydrogen) atoms. The first kappa shape index (κ1) is 25.2. The van der Waals surface area contributed by atoms with Crippen LogP contribution in [0.2, 0.25) is 0 Å². The second-order valence-corrected chi connectivity index (χ2v) is 9.94. The van der Waals surface area contributed by atoms with Crippen molar-refractivity contribution in [2.75, 3.05) is 11.9 Å². The first-order valence-electron chi connectivity index (χ1n) is 11.1. The number of nitrogens with zero attached hydrogens (tertiary/aromatic N) is 1. The highest BCUT2D eigenvalue weighted by molar-refractivity contribution is 7.87. The molecule has 0 fully saturated rings. The Hall–Kier alpha value is -3.39. The van der Waals surface area contributed by atoms with Gasteiger partial charge >= 0.3 is 16.1 Å². The summed E-state index contributed by atoms with van der Waals surface area (Å²) in [6, 6.07) is 18.4. The molecule has 8 heteroatoms. The largest absolute Gasteiger partial charge is 0.379 e. The second kappa shape index (κ2) is 11.2. The summed E-state index contributed by atoms with van der Waals surface area (Å²) >= 11 is 0. The van der Waals surface area contributed by atoms with Gasteiger partial charge in [0.15, 0.2) is 0 Å². The Morgan fingerprint density at radius 2 is 1.68 bits per heavy atom. The van der Waals surface area contributed by atoms with Crippen LogP contribution in [-0.2, 0) is 23.1 Å². The van der Waals surface area contributed by atoms with Crippen LogP contribution in [0.5, 0.6) is 5.75 Å². The van der Waals surface area contributed by atoms with E-state index in [1.165, 1.54) is 11.6 Å². The molecular weight excluding hydrogens is 455 g/mol. The molecule has 0 radical (unpaired) electrons. The number of hydrogen-bond acceptors (Lipinski definition) is 4. The maximum Gasteiger partial charge on any atom is 0.339 e. The summed E-state index contributed by atoms with van der Waals surface area (Å²) in [6.07, 6.45) is 0.920. The molecule has 1 N–H and O–H groups in total. The third-order valence-corrected chi connectivity index (χ3v) is 6.33. The van der Waals surface area contributed by atoms with Gasteiger partial charge in [0.25, 0.3) is 0 Å². The van der Waals surface area contributed by atoms with Crippen LogP contribution in [-0.4, -0.2) is 25.9 Å². The Kier molecular flexibility index (Phi) is 8.28. The minimum Gasteiger partial charge on any atom is -0.379 e. The van der Waals surface area contributed by atoms with Crippen molar-refractivity contribution in [2.45, 2.75) is 38.6 Å². The second-order valence-electron chi connectivity index (χ2n) is 8.39. The first-order valence-corrected chi connectivity index (χ1v) is 12.5. The van der Waals surface area contributed by atoms with Crippen LogP contribution in [0.4, 0.5) is 14.9 Å². The Morgan fingerprint density at radius 3 is 2.29 bits per heavy atom. The van der Waals surface area contributed by atoms with Crippen LogP contribution in [0, 0.1) is 11.7 Å². The molecule has 0 unspecified atom stereocenters. The van der Waals surface area contributed by atoms with Crippen molar-refractivity contribution in [1.82, 2.24) is 4.90 Å². The SMILES string of the molecule is CCc1ccc(NC(=O)N(Cc2cccc(OS(=O)(=O)c3ccc(F)cc3)c2)CC(C)C)cc1. The van der Waals surface area contributed by atoms with Gasteiger partial charge in [-0.3, -0.25) is 0 Å². The van der Waals surface area contributed by atoms with Crippen molar-refractivity contribution < 1.29 is 21.8 Å². The van der Waals surface area contributed by atoms with Gasteiger partial charge in [0.05, 0.1) is 0 Å². The van der Waals surface area contributed by atoms with Crippen LogP contribution < -0.4 is 9.50 Å². The van der Waals surface area contributed by atoms with Gasteiger partial charge in [-0.1, -0.05) is 45.0 Å². The van der Waals surface area contributed by atoms with Gasteiger partial charge in [-0.2, -0.15) is 8.42 Å². The lowest BCUT2D eigenvalue weighted by Crippen LogP contribution is -2.37. The Bertz CT molecular complexity index is 1210. The van der Waals surface area contributed by atoms with Gasteiger partial charge in [0.1, 0.15) is 16.5 Å². The summed E-state index contributed by atoms with van der Waals surface area (Å²) < 4.78 is 43.4. The van der Waals surface area contributed by atoms with Gasteiger partial charge in [0, 0.05) is 18.8 Å². The molecule has 6 nitrogen and oxygen atoms in total. The fourth-order valence-electron chi connectivity index (χ4n) is 3.38. The maximum absolute atomic E-state index is 13.1. The number of anilines is 1. The number of carbonyl (C=O) groups is 1. The fourth-order valence-corrected chi connectivity index (χ4v) is 4.30. The number of rotatable bonds is 9. The van der Waals surface area contributed by atoms with E-state index in [2.05, 4.69) is 12.2 Å². The summed E-state index contributed by atoms with van der Waals surface area (Å²) in [5.41, 5.74) is 2.60. The zero-order chi connectivity index (χ0) is 24.7. The minimum absolute atomic E-state index is 0.113. The summed E-state index contributed by atoms with van der Waals surface area (Å²) in [7, 11) is -4.12. The summed E-state index contributed by atoms with van der Waals surface area (Å²) in [5.74, 6) is -0.195. The van der Waals surface area contributed by atoms with Crippen LogP contribution in [0.3, 0.4) is 0 Å². The van der Waals surface area contributed by atoms with E-state index in [1.807, 2.05) is 38.1 Å². The van der Waals surface area contributed by atoms with Crippen LogP contribution in [0.25, 0.3) is 0 Å². The van der Waals surface area contributed by atoms with Crippen molar-refractivity contribution in [2.24, 2.45) is 5.92 Å². The molecule has 0 atom stereocenters. The molecule has 2 amide bonds. The monoisotopic (exact) mass is 484 g/mol. The topological polar surface area (TPSA) is 75.7 Å². The average molecular weight is 485 g/mol. The van der Waals surface area contributed by atoms with E-state index in [0.29, 0.717) is 17.8 Å². The molecule has 0 spiro atoms. The summed E-state index contributed by atoms with van der Waals surface area (Å²) in [5, 5.41) is 2.93. The Labute approximate surface area is 200 Å². The third-order valence-electron chi connectivity index (χ3n) is 5.07. The number of hydrogen-bond donors (Lipinski definition) is 1. The standard InChI is InChI=1S/C26H29FN2O4S/c1-4-20-8-12-23(13-9-20)28-26(30)29(17-19(2)3)18-21-6-5-7-24(16-21)33-34(31,32)25-14-10-22(27)11-15-25/h5-16,19H,4,17-18H2,1-3H3,(H,28,30). The molecule has 0 aliphatic carbocycles. The molecule has 0 saturated carbocycles. The molecule has 3 rings (SSSR count). The van der Waals surface area contributed by atoms with E-state index >= 15 is 0 Å². The quantitative estimate of drug-likeness (QED) is 0.387. The molecular formula is C26H29FN2O4S. The van der Waals surface area contributed by atoms with Gasteiger partial charge in [0.2, 0.25) is 0 Å². The van der Waals surface area contributed by atoms with Crippen LogP contribution in [0.1, 0.15) is 31.9 Å². The van der Waals surface area contributed by atoms with Crippen molar-refractivity contribution in [3.05, 3.63) is 89.7 Å². The average Bonchev–Trinajstić information content (AvgIpc) is 2.79. The lowest BCUT2D eigenvalue weighted by Gasteiger charge is -2.25. The van der Waals surface area contributed by atoms with Crippen LogP contribution in [0.15, 0.2) is 77.7 Å². The number of carbonyl (C=O) groups excluding carboxylic acids is 1. The van der Waals surface area contributed by atoms with Gasteiger partial charge < -0.3 is 14.4 Å². The summed E-state index contributed by atoms with van der Waals surface area (Å²) in [6.45, 7) is 6.89. The van der Waals surface area contributed by atoms with Crippen molar-refractivity contribution in [3.63, 3.8) is 0 Å². The van der Waals surface area contributed by atoms with Crippen LogP contribution >= 0.6 is 0 Å². The van der Waals surface area contributed by atoms with Gasteiger partial charge in [-0.15, -0.1) is 0 Å². The number of halogens is 1. The normalized spacial score (nSPS) is 11.3. The third kappa shape index (κ3) is 7.05. The smallest absolute Gasteiger partial charge is 0.339 e. The molecule has 3 aromatic carbocycles. The fraction of sp³-hybridized carbons (Fsp3) is 0.269. The number of nitrogens with one attached hydrogen (secondary N) is 1.